The Morgan fingerprint density at radius 1 is 1.33 bits per heavy atom. The third-order valence-electron chi connectivity index (χ3n) is 3.13. The second kappa shape index (κ2) is 7.86. The minimum atomic E-state index is -0.402. The maximum absolute atomic E-state index is 13.5. The number of benzene rings is 1. The zero-order chi connectivity index (χ0) is 15.9. The number of nitrogens with one attached hydrogen (secondary N) is 2. The smallest absolute Gasteiger partial charge is 0.315 e. The normalized spacial score (nSPS) is 12.6. The minimum absolute atomic E-state index is 0.197. The largest absolute Gasteiger partial charge is 0.488 e. The van der Waals surface area contributed by atoms with Gasteiger partial charge in [0.2, 0.25) is 0 Å². The van der Waals surface area contributed by atoms with E-state index in [1.807, 2.05) is 27.7 Å². The third kappa shape index (κ3) is 6.02. The number of halogens is 1. The number of hydrogen-bond donors (Lipinski definition) is 2. The molecule has 0 fully saturated rings. The molecule has 1 aromatic rings. The number of carbonyl (C=O) groups excluding carboxylic acids is 1. The predicted molar refractivity (Wildman–Crippen MR) is 82.0 cm³/mol. The molecular formula is C16H25FN2O2. The van der Waals surface area contributed by atoms with Gasteiger partial charge in [-0.25, -0.2) is 9.18 Å². The molecule has 4 nitrogen and oxygen atoms in total. The van der Waals surface area contributed by atoms with Gasteiger partial charge in [-0.1, -0.05) is 39.8 Å². The Balaban J connectivity index is 2.63. The summed E-state index contributed by atoms with van der Waals surface area (Å²) in [5, 5.41) is 5.65. The lowest BCUT2D eigenvalue weighted by Gasteiger charge is -2.31. The zero-order valence-corrected chi connectivity index (χ0v) is 13.2. The molecule has 0 spiro atoms. The van der Waals surface area contributed by atoms with Crippen LogP contribution in [0.2, 0.25) is 0 Å². The van der Waals surface area contributed by atoms with Crippen LogP contribution < -0.4 is 15.4 Å². The Kier molecular flexibility index (Phi) is 6.46. The highest BCUT2D eigenvalue weighted by Gasteiger charge is 2.27. The summed E-state index contributed by atoms with van der Waals surface area (Å²) in [6, 6.07) is 5.80. The first-order chi connectivity index (χ1) is 9.84. The van der Waals surface area contributed by atoms with Gasteiger partial charge in [0.15, 0.2) is 11.6 Å². The van der Waals surface area contributed by atoms with E-state index < -0.39 is 5.82 Å². The molecule has 1 aromatic carbocycles. The summed E-state index contributed by atoms with van der Waals surface area (Å²) in [6.07, 6.45) is 0.874. The summed E-state index contributed by atoms with van der Waals surface area (Å²) in [5.74, 6) is -0.205. The molecule has 0 saturated heterocycles. The van der Waals surface area contributed by atoms with E-state index in [0.717, 1.165) is 6.42 Å². The van der Waals surface area contributed by atoms with Crippen molar-refractivity contribution >= 4 is 6.03 Å². The van der Waals surface area contributed by atoms with Gasteiger partial charge in [0.05, 0.1) is 6.04 Å². The van der Waals surface area contributed by atoms with Crippen molar-refractivity contribution < 1.29 is 13.9 Å². The maximum atomic E-state index is 13.5. The van der Waals surface area contributed by atoms with Crippen molar-refractivity contribution in [2.75, 3.05) is 13.2 Å². The van der Waals surface area contributed by atoms with Crippen molar-refractivity contribution in [2.24, 2.45) is 5.41 Å². The molecule has 0 radical (unpaired) electrons. The summed E-state index contributed by atoms with van der Waals surface area (Å²) in [6.45, 7) is 8.83. The third-order valence-corrected chi connectivity index (χ3v) is 3.13. The summed E-state index contributed by atoms with van der Waals surface area (Å²) in [4.78, 5) is 11.8. The number of carbonyl (C=O) groups is 1. The second-order valence-corrected chi connectivity index (χ2v) is 6.06. The highest BCUT2D eigenvalue weighted by molar-refractivity contribution is 5.74. The van der Waals surface area contributed by atoms with E-state index in [-0.39, 0.29) is 29.8 Å². The van der Waals surface area contributed by atoms with E-state index in [2.05, 4.69) is 10.6 Å². The van der Waals surface area contributed by atoms with Crippen molar-refractivity contribution in [3.05, 3.63) is 30.1 Å². The standard InChI is InChI=1S/C16H25FN2O2/c1-5-10-18-15(20)19-14(16(2,3)4)11-21-13-9-7-6-8-12(13)17/h6-9,14H,5,10-11H2,1-4H3,(H2,18,19,20). The SMILES string of the molecule is CCCNC(=O)NC(COc1ccccc1F)C(C)(C)C. The average molecular weight is 296 g/mol. The van der Waals surface area contributed by atoms with Gasteiger partial charge in [0.25, 0.3) is 0 Å². The van der Waals surface area contributed by atoms with Crippen molar-refractivity contribution in [3.63, 3.8) is 0 Å². The number of urea groups is 1. The van der Waals surface area contributed by atoms with Crippen LogP contribution in [0.15, 0.2) is 24.3 Å². The number of rotatable bonds is 6. The quantitative estimate of drug-likeness (QED) is 0.846. The molecule has 2 amide bonds. The van der Waals surface area contributed by atoms with Crippen LogP contribution in [0.4, 0.5) is 9.18 Å². The second-order valence-electron chi connectivity index (χ2n) is 6.06. The van der Waals surface area contributed by atoms with Crippen molar-refractivity contribution in [3.8, 4) is 5.75 Å². The number of ether oxygens (including phenoxy) is 1. The summed E-state index contributed by atoms with van der Waals surface area (Å²) < 4.78 is 19.1. The number of hydrogen-bond acceptors (Lipinski definition) is 2. The summed E-state index contributed by atoms with van der Waals surface area (Å²) >= 11 is 0. The van der Waals surface area contributed by atoms with Crippen LogP contribution in [0.5, 0.6) is 5.75 Å². The van der Waals surface area contributed by atoms with Gasteiger partial charge < -0.3 is 15.4 Å². The van der Waals surface area contributed by atoms with Crippen LogP contribution in [-0.2, 0) is 0 Å². The number of amides is 2. The molecule has 21 heavy (non-hydrogen) atoms. The van der Waals surface area contributed by atoms with Crippen LogP contribution in [0, 0.1) is 11.2 Å². The fraction of sp³-hybridized carbons (Fsp3) is 0.562. The maximum Gasteiger partial charge on any atom is 0.315 e. The molecule has 1 atom stereocenters. The average Bonchev–Trinajstić information content (AvgIpc) is 2.41. The molecule has 5 heteroatoms. The van der Waals surface area contributed by atoms with E-state index in [0.29, 0.717) is 6.54 Å². The van der Waals surface area contributed by atoms with Gasteiger partial charge in [0, 0.05) is 6.54 Å². The van der Waals surface area contributed by atoms with E-state index in [9.17, 15) is 9.18 Å². The molecule has 0 heterocycles. The van der Waals surface area contributed by atoms with Gasteiger partial charge in [-0.3, -0.25) is 0 Å². The molecule has 0 bridgehead atoms. The highest BCUT2D eigenvalue weighted by atomic mass is 19.1. The van der Waals surface area contributed by atoms with Gasteiger partial charge in [-0.15, -0.1) is 0 Å². The van der Waals surface area contributed by atoms with Gasteiger partial charge in [-0.05, 0) is 24.0 Å². The molecule has 1 rings (SSSR count). The lowest BCUT2D eigenvalue weighted by atomic mass is 9.87. The lowest BCUT2D eigenvalue weighted by Crippen LogP contribution is -2.51. The van der Waals surface area contributed by atoms with Gasteiger partial charge in [0.1, 0.15) is 6.61 Å². The Bertz CT molecular complexity index is 458. The monoisotopic (exact) mass is 296 g/mol. The molecule has 0 aliphatic rings. The highest BCUT2D eigenvalue weighted by Crippen LogP contribution is 2.22. The first kappa shape index (κ1) is 17.3. The van der Waals surface area contributed by atoms with Crippen LogP contribution in [-0.4, -0.2) is 25.2 Å². The van der Waals surface area contributed by atoms with Crippen molar-refractivity contribution in [2.45, 2.75) is 40.2 Å². The fourth-order valence-corrected chi connectivity index (χ4v) is 1.69. The molecule has 2 N–H and O–H groups in total. The molecule has 1 unspecified atom stereocenters. The Morgan fingerprint density at radius 2 is 2.00 bits per heavy atom. The van der Waals surface area contributed by atoms with Crippen LogP contribution in [0.3, 0.4) is 0 Å². The Morgan fingerprint density at radius 3 is 2.57 bits per heavy atom. The first-order valence-corrected chi connectivity index (χ1v) is 7.26. The van der Waals surface area contributed by atoms with E-state index >= 15 is 0 Å². The van der Waals surface area contributed by atoms with E-state index in [1.165, 1.54) is 6.07 Å². The predicted octanol–water partition coefficient (Wildman–Crippen LogP) is 3.33. The van der Waals surface area contributed by atoms with E-state index in [4.69, 9.17) is 4.74 Å². The fourth-order valence-electron chi connectivity index (χ4n) is 1.69. The first-order valence-electron chi connectivity index (χ1n) is 7.26. The van der Waals surface area contributed by atoms with Crippen molar-refractivity contribution in [1.82, 2.24) is 10.6 Å². The molecule has 0 aliphatic carbocycles. The van der Waals surface area contributed by atoms with E-state index in [1.54, 1.807) is 18.2 Å². The molecule has 118 valence electrons. The molecular weight excluding hydrogens is 271 g/mol. The number of para-hydroxylation sites is 1. The van der Waals surface area contributed by atoms with Crippen molar-refractivity contribution in [1.29, 1.82) is 0 Å². The lowest BCUT2D eigenvalue weighted by molar-refractivity contribution is 0.167. The molecule has 0 saturated carbocycles. The topological polar surface area (TPSA) is 50.4 Å². The Hall–Kier alpha value is -1.78. The summed E-state index contributed by atoms with van der Waals surface area (Å²) in [7, 11) is 0. The minimum Gasteiger partial charge on any atom is -0.488 e. The van der Waals surface area contributed by atoms with Crippen LogP contribution in [0.25, 0.3) is 0 Å². The van der Waals surface area contributed by atoms with Crippen LogP contribution in [0.1, 0.15) is 34.1 Å². The summed E-state index contributed by atoms with van der Waals surface area (Å²) in [5.41, 5.74) is -0.200. The van der Waals surface area contributed by atoms with Crippen LogP contribution >= 0.6 is 0 Å². The van der Waals surface area contributed by atoms with Gasteiger partial charge >= 0.3 is 6.03 Å². The van der Waals surface area contributed by atoms with Gasteiger partial charge in [-0.2, -0.15) is 0 Å². The Labute approximate surface area is 126 Å². The zero-order valence-electron chi connectivity index (χ0n) is 13.2. The molecule has 0 aromatic heterocycles. The molecule has 0 aliphatic heterocycles.